The van der Waals surface area contributed by atoms with Crippen molar-refractivity contribution in [2.24, 2.45) is 0 Å². The van der Waals surface area contributed by atoms with E-state index in [9.17, 15) is 0 Å². The Hall–Kier alpha value is -2.13. The van der Waals surface area contributed by atoms with Crippen LogP contribution in [0.15, 0.2) is 28.8 Å². The van der Waals surface area contributed by atoms with Crippen molar-refractivity contribution in [3.05, 3.63) is 41.3 Å². The van der Waals surface area contributed by atoms with Gasteiger partial charge in [-0.3, -0.25) is 0 Å². The third-order valence-electron chi connectivity index (χ3n) is 2.70. The van der Waals surface area contributed by atoms with E-state index in [1.165, 1.54) is 0 Å². The second-order valence-corrected chi connectivity index (χ2v) is 5.42. The zero-order valence-corrected chi connectivity index (χ0v) is 12.8. The first kappa shape index (κ1) is 15.3. The number of hydrogen-bond acceptors (Lipinski definition) is 6. The molecule has 21 heavy (non-hydrogen) atoms. The van der Waals surface area contributed by atoms with E-state index in [0.29, 0.717) is 23.7 Å². The molecule has 0 saturated carbocycles. The van der Waals surface area contributed by atoms with Crippen LogP contribution in [-0.2, 0) is 5.75 Å². The van der Waals surface area contributed by atoms with Gasteiger partial charge >= 0.3 is 0 Å². The average molecular weight is 304 g/mol. The summed E-state index contributed by atoms with van der Waals surface area (Å²) in [4.78, 5) is 0. The molecule has 110 valence electrons. The molecule has 0 atom stereocenters. The maximum Gasteiger partial charge on any atom is 0.162 e. The fourth-order valence-electron chi connectivity index (χ4n) is 1.72. The molecule has 5 nitrogen and oxygen atoms in total. The Morgan fingerprint density at radius 3 is 2.86 bits per heavy atom. The molecule has 0 bridgehead atoms. The van der Waals surface area contributed by atoms with Crippen LogP contribution in [0.4, 0.5) is 0 Å². The minimum absolute atomic E-state index is 0.550. The zero-order valence-electron chi connectivity index (χ0n) is 12.0. The van der Waals surface area contributed by atoms with Gasteiger partial charge in [0.2, 0.25) is 0 Å². The second kappa shape index (κ2) is 7.60. The van der Waals surface area contributed by atoms with Gasteiger partial charge < -0.3 is 14.0 Å². The molecule has 0 N–H and O–H groups in total. The van der Waals surface area contributed by atoms with E-state index in [2.05, 4.69) is 11.2 Å². The number of aromatic nitrogens is 1. The highest BCUT2D eigenvalue weighted by Gasteiger charge is 2.06. The molecule has 1 heterocycles. The number of rotatable bonds is 7. The molecule has 0 unspecified atom stereocenters. The van der Waals surface area contributed by atoms with Crippen molar-refractivity contribution in [3.63, 3.8) is 0 Å². The van der Waals surface area contributed by atoms with Gasteiger partial charge in [0, 0.05) is 17.9 Å². The first-order valence-electron chi connectivity index (χ1n) is 6.44. The molecule has 0 aliphatic carbocycles. The molecule has 6 heteroatoms. The minimum atomic E-state index is 0.550. The minimum Gasteiger partial charge on any atom is -0.493 e. The van der Waals surface area contributed by atoms with Crippen LogP contribution in [0, 0.1) is 18.3 Å². The number of hydrogen-bond donors (Lipinski definition) is 0. The summed E-state index contributed by atoms with van der Waals surface area (Å²) in [5.41, 5.74) is 1.44. The fraction of sp³-hybridized carbons (Fsp3) is 0.333. The van der Waals surface area contributed by atoms with Crippen molar-refractivity contribution < 1.29 is 14.0 Å². The summed E-state index contributed by atoms with van der Waals surface area (Å²) in [6.45, 7) is 2.46. The molecule has 2 aromatic rings. The van der Waals surface area contributed by atoms with Crippen LogP contribution >= 0.6 is 11.8 Å². The van der Waals surface area contributed by atoms with Gasteiger partial charge in [-0.25, -0.2) is 0 Å². The fourth-order valence-corrected chi connectivity index (χ4v) is 2.41. The van der Waals surface area contributed by atoms with Crippen LogP contribution < -0.4 is 9.47 Å². The lowest BCUT2D eigenvalue weighted by atomic mass is 10.2. The number of benzene rings is 1. The number of methoxy groups -OCH3 is 1. The first-order valence-corrected chi connectivity index (χ1v) is 7.59. The van der Waals surface area contributed by atoms with Crippen molar-refractivity contribution in [3.8, 4) is 17.6 Å². The molecular formula is C15H16N2O3S. The molecule has 1 aromatic heterocycles. The summed E-state index contributed by atoms with van der Waals surface area (Å²) in [5.74, 6) is 3.68. The smallest absolute Gasteiger partial charge is 0.162 e. The SMILES string of the molecule is COc1cc(C#N)ccc1OCCSCc1cc(C)no1. The predicted octanol–water partition coefficient (Wildman–Crippen LogP) is 3.18. The van der Waals surface area contributed by atoms with Gasteiger partial charge in [-0.1, -0.05) is 5.16 Å². The van der Waals surface area contributed by atoms with E-state index in [-0.39, 0.29) is 0 Å². The highest BCUT2D eigenvalue weighted by Crippen LogP contribution is 2.28. The van der Waals surface area contributed by atoms with Crippen LogP contribution in [0.3, 0.4) is 0 Å². The van der Waals surface area contributed by atoms with Crippen molar-refractivity contribution in [2.75, 3.05) is 19.5 Å². The monoisotopic (exact) mass is 304 g/mol. The Bertz CT molecular complexity index is 634. The maximum atomic E-state index is 8.84. The van der Waals surface area contributed by atoms with Gasteiger partial charge in [0.15, 0.2) is 11.5 Å². The Morgan fingerprint density at radius 1 is 1.33 bits per heavy atom. The second-order valence-electron chi connectivity index (χ2n) is 4.31. The van der Waals surface area contributed by atoms with Crippen LogP contribution in [0.25, 0.3) is 0 Å². The Kier molecular flexibility index (Phi) is 5.52. The predicted molar refractivity (Wildman–Crippen MR) is 80.6 cm³/mol. The molecule has 0 fully saturated rings. The summed E-state index contributed by atoms with van der Waals surface area (Å²) in [6, 6.07) is 9.13. The topological polar surface area (TPSA) is 68.3 Å². The molecule has 0 radical (unpaired) electrons. The average Bonchev–Trinajstić information content (AvgIpc) is 2.92. The van der Waals surface area contributed by atoms with E-state index in [1.807, 2.05) is 13.0 Å². The third kappa shape index (κ3) is 4.43. The lowest BCUT2D eigenvalue weighted by molar-refractivity contribution is 0.313. The van der Waals surface area contributed by atoms with Crippen LogP contribution in [0.1, 0.15) is 17.0 Å². The van der Waals surface area contributed by atoms with Crippen LogP contribution in [-0.4, -0.2) is 24.6 Å². The summed E-state index contributed by atoms with van der Waals surface area (Å²) in [5, 5.41) is 12.7. The summed E-state index contributed by atoms with van der Waals surface area (Å²) < 4.78 is 16.0. The molecule has 0 spiro atoms. The number of nitrogens with zero attached hydrogens (tertiary/aromatic N) is 2. The lowest BCUT2D eigenvalue weighted by Crippen LogP contribution is -2.02. The highest BCUT2D eigenvalue weighted by molar-refractivity contribution is 7.98. The largest absolute Gasteiger partial charge is 0.493 e. The van der Waals surface area contributed by atoms with Crippen molar-refractivity contribution in [1.29, 1.82) is 5.26 Å². The van der Waals surface area contributed by atoms with E-state index < -0.39 is 0 Å². The number of thioether (sulfide) groups is 1. The summed E-state index contributed by atoms with van der Waals surface area (Å²) >= 11 is 1.71. The summed E-state index contributed by atoms with van der Waals surface area (Å²) in [6.07, 6.45) is 0. The first-order chi connectivity index (χ1) is 10.2. The van der Waals surface area contributed by atoms with Gasteiger partial charge in [0.1, 0.15) is 5.76 Å². The quantitative estimate of drug-likeness (QED) is 0.732. The standard InChI is InChI=1S/C15H16N2O3S/c1-11-7-13(20-17-11)10-21-6-5-19-14-4-3-12(9-16)8-15(14)18-2/h3-4,7-8H,5-6,10H2,1-2H3. The molecule has 0 aliphatic heterocycles. The molecule has 0 aliphatic rings. The van der Waals surface area contributed by atoms with Crippen molar-refractivity contribution in [1.82, 2.24) is 5.16 Å². The molecule has 0 saturated heterocycles. The van der Waals surface area contributed by atoms with Gasteiger partial charge in [0.25, 0.3) is 0 Å². The maximum absolute atomic E-state index is 8.84. The summed E-state index contributed by atoms with van der Waals surface area (Å²) in [7, 11) is 1.56. The molecular weight excluding hydrogens is 288 g/mol. The van der Waals surface area contributed by atoms with Gasteiger partial charge in [0.05, 0.1) is 36.8 Å². The van der Waals surface area contributed by atoms with E-state index in [4.69, 9.17) is 19.3 Å². The van der Waals surface area contributed by atoms with Gasteiger partial charge in [-0.15, -0.1) is 0 Å². The normalized spacial score (nSPS) is 10.1. The zero-order chi connectivity index (χ0) is 15.1. The van der Waals surface area contributed by atoms with E-state index >= 15 is 0 Å². The molecule has 1 aromatic carbocycles. The van der Waals surface area contributed by atoms with Crippen molar-refractivity contribution in [2.45, 2.75) is 12.7 Å². The van der Waals surface area contributed by atoms with Gasteiger partial charge in [-0.2, -0.15) is 17.0 Å². The number of ether oxygens (including phenoxy) is 2. The molecule has 0 amide bonds. The highest BCUT2D eigenvalue weighted by atomic mass is 32.2. The molecule has 2 rings (SSSR count). The van der Waals surface area contributed by atoms with E-state index in [0.717, 1.165) is 23.0 Å². The van der Waals surface area contributed by atoms with Crippen LogP contribution in [0.5, 0.6) is 11.5 Å². The number of aryl methyl sites for hydroxylation is 1. The van der Waals surface area contributed by atoms with Crippen molar-refractivity contribution >= 4 is 11.8 Å². The Balaban J connectivity index is 1.77. The third-order valence-corrected chi connectivity index (χ3v) is 3.64. The van der Waals surface area contributed by atoms with Gasteiger partial charge in [-0.05, 0) is 19.1 Å². The Morgan fingerprint density at radius 2 is 2.19 bits per heavy atom. The van der Waals surface area contributed by atoms with Crippen LogP contribution in [0.2, 0.25) is 0 Å². The lowest BCUT2D eigenvalue weighted by Gasteiger charge is -2.10. The van der Waals surface area contributed by atoms with E-state index in [1.54, 1.807) is 37.1 Å². The number of nitriles is 1. The Labute approximate surface area is 127 Å².